The zero-order valence-corrected chi connectivity index (χ0v) is 17.9. The number of likely N-dealkylation sites (tertiary alicyclic amines) is 1. The molecule has 1 aliphatic rings. The van der Waals surface area contributed by atoms with Crippen molar-refractivity contribution < 1.29 is 17.6 Å². The highest BCUT2D eigenvalue weighted by atomic mass is 32.2. The molecule has 6 nitrogen and oxygen atoms in total. The Morgan fingerprint density at radius 3 is 2.50 bits per heavy atom. The van der Waals surface area contributed by atoms with E-state index in [1.54, 1.807) is 12.1 Å². The van der Waals surface area contributed by atoms with Gasteiger partial charge < -0.3 is 9.15 Å². The third-order valence-electron chi connectivity index (χ3n) is 5.42. The summed E-state index contributed by atoms with van der Waals surface area (Å²) in [6, 6.07) is 7.29. The molecular weight excluding hydrogens is 376 g/mol. The normalized spacial score (nSPS) is 16.4. The summed E-state index contributed by atoms with van der Waals surface area (Å²) in [6.07, 6.45) is 1.95. The van der Waals surface area contributed by atoms with Gasteiger partial charge in [0.25, 0.3) is 0 Å². The minimum Gasteiger partial charge on any atom is -0.495 e. The number of hydrogen-bond acceptors (Lipinski definition) is 5. The van der Waals surface area contributed by atoms with E-state index in [2.05, 4.69) is 15.7 Å². The number of rotatable bonds is 7. The number of nitrogens with zero attached hydrogens (tertiary/aromatic N) is 1. The third kappa shape index (κ3) is 4.96. The second-order valence-electron chi connectivity index (χ2n) is 7.66. The molecule has 0 amide bonds. The second-order valence-corrected chi connectivity index (χ2v) is 9.40. The van der Waals surface area contributed by atoms with E-state index in [0.29, 0.717) is 18.2 Å². The van der Waals surface area contributed by atoms with Crippen molar-refractivity contribution in [1.82, 2.24) is 9.62 Å². The first kappa shape index (κ1) is 20.9. The van der Waals surface area contributed by atoms with Gasteiger partial charge in [-0.1, -0.05) is 6.07 Å². The smallest absolute Gasteiger partial charge is 0.244 e. The second kappa shape index (κ2) is 8.68. The molecule has 3 rings (SSSR count). The van der Waals surface area contributed by atoms with E-state index in [-0.39, 0.29) is 4.90 Å². The topological polar surface area (TPSA) is 71.8 Å². The fourth-order valence-electron chi connectivity index (χ4n) is 3.73. The molecule has 7 heteroatoms. The molecule has 2 aromatic rings. The molecule has 2 heterocycles. The quantitative estimate of drug-likeness (QED) is 0.763. The molecule has 0 saturated carbocycles. The van der Waals surface area contributed by atoms with Gasteiger partial charge in [0.05, 0.1) is 7.11 Å². The van der Waals surface area contributed by atoms with Gasteiger partial charge in [0.2, 0.25) is 10.0 Å². The van der Waals surface area contributed by atoms with Crippen LogP contribution in [0.3, 0.4) is 0 Å². The first-order valence-corrected chi connectivity index (χ1v) is 11.2. The lowest BCUT2D eigenvalue weighted by atomic mass is 9.97. The Bertz CT molecular complexity index is 912. The van der Waals surface area contributed by atoms with Crippen molar-refractivity contribution in [2.75, 3.05) is 26.7 Å². The summed E-state index contributed by atoms with van der Waals surface area (Å²) in [5.74, 6) is 2.65. The lowest BCUT2D eigenvalue weighted by molar-refractivity contribution is 0.178. The molecule has 0 bridgehead atoms. The summed E-state index contributed by atoms with van der Waals surface area (Å²) in [4.78, 5) is 2.62. The van der Waals surface area contributed by atoms with Gasteiger partial charge in [-0.25, -0.2) is 13.1 Å². The van der Waals surface area contributed by atoms with Gasteiger partial charge >= 0.3 is 0 Å². The Hall–Kier alpha value is -1.83. The van der Waals surface area contributed by atoms with Crippen LogP contribution in [-0.4, -0.2) is 40.1 Å². The van der Waals surface area contributed by atoms with Crippen molar-refractivity contribution in [3.63, 3.8) is 0 Å². The van der Waals surface area contributed by atoms with Crippen LogP contribution in [-0.2, 0) is 16.6 Å². The van der Waals surface area contributed by atoms with Crippen LogP contribution in [0.2, 0.25) is 0 Å². The Morgan fingerprint density at radius 1 is 1.18 bits per heavy atom. The molecule has 154 valence electrons. The molecule has 1 N–H and O–H groups in total. The Morgan fingerprint density at radius 2 is 1.89 bits per heavy atom. The predicted octanol–water partition coefficient (Wildman–Crippen LogP) is 3.40. The van der Waals surface area contributed by atoms with Gasteiger partial charge in [-0.2, -0.15) is 0 Å². The first-order valence-electron chi connectivity index (χ1n) is 9.71. The van der Waals surface area contributed by atoms with E-state index in [9.17, 15) is 8.42 Å². The summed E-state index contributed by atoms with van der Waals surface area (Å²) in [5, 5.41) is 0. The minimum absolute atomic E-state index is 0.207. The van der Waals surface area contributed by atoms with E-state index in [4.69, 9.17) is 9.15 Å². The highest BCUT2D eigenvalue weighted by Crippen LogP contribution is 2.26. The number of nitrogens with one attached hydrogen (secondary N) is 1. The molecule has 1 aliphatic heterocycles. The Balaban J connectivity index is 1.54. The average Bonchev–Trinajstić information content (AvgIpc) is 2.98. The number of furan rings is 1. The highest BCUT2D eigenvalue weighted by molar-refractivity contribution is 7.89. The van der Waals surface area contributed by atoms with Gasteiger partial charge in [0.1, 0.15) is 22.2 Å². The van der Waals surface area contributed by atoms with Crippen LogP contribution in [0.25, 0.3) is 0 Å². The van der Waals surface area contributed by atoms with Crippen molar-refractivity contribution >= 4 is 10.0 Å². The van der Waals surface area contributed by atoms with Gasteiger partial charge in [-0.3, -0.25) is 4.90 Å². The molecule has 0 aliphatic carbocycles. The molecule has 1 fully saturated rings. The molecular formula is C21H30N2O4S. The van der Waals surface area contributed by atoms with E-state index in [0.717, 1.165) is 49.6 Å². The molecule has 0 spiro atoms. The van der Waals surface area contributed by atoms with Crippen LogP contribution in [0, 0.1) is 26.7 Å². The van der Waals surface area contributed by atoms with E-state index < -0.39 is 10.0 Å². The molecule has 1 aromatic heterocycles. The Labute approximate surface area is 167 Å². The van der Waals surface area contributed by atoms with Crippen LogP contribution >= 0.6 is 0 Å². The van der Waals surface area contributed by atoms with Crippen LogP contribution in [0.5, 0.6) is 5.75 Å². The van der Waals surface area contributed by atoms with Crippen molar-refractivity contribution in [1.29, 1.82) is 0 Å². The molecule has 28 heavy (non-hydrogen) atoms. The maximum atomic E-state index is 12.7. The highest BCUT2D eigenvalue weighted by Gasteiger charge is 2.24. The van der Waals surface area contributed by atoms with Crippen LogP contribution in [0.4, 0.5) is 0 Å². The molecule has 0 atom stereocenters. The predicted molar refractivity (Wildman–Crippen MR) is 109 cm³/mol. The lowest BCUT2D eigenvalue weighted by Gasteiger charge is -2.31. The lowest BCUT2D eigenvalue weighted by Crippen LogP contribution is -2.38. The molecule has 1 saturated heterocycles. The SMILES string of the molecule is COc1ccc(C)cc1S(=O)(=O)NCC1CCN(Cc2cc(C)oc2C)CC1. The van der Waals surface area contributed by atoms with Crippen molar-refractivity contribution in [3.05, 3.63) is 46.9 Å². The number of piperidine rings is 1. The van der Waals surface area contributed by atoms with Crippen molar-refractivity contribution in [2.24, 2.45) is 5.92 Å². The average molecular weight is 407 g/mol. The number of sulfonamides is 1. The Kier molecular flexibility index (Phi) is 6.47. The van der Waals surface area contributed by atoms with Gasteiger partial charge in [0.15, 0.2) is 0 Å². The number of methoxy groups -OCH3 is 1. The zero-order chi connectivity index (χ0) is 20.3. The first-order chi connectivity index (χ1) is 13.3. The third-order valence-corrected chi connectivity index (χ3v) is 6.86. The maximum Gasteiger partial charge on any atom is 0.244 e. The summed E-state index contributed by atoms with van der Waals surface area (Å²) in [7, 11) is -2.10. The summed E-state index contributed by atoms with van der Waals surface area (Å²) >= 11 is 0. The largest absolute Gasteiger partial charge is 0.495 e. The van der Waals surface area contributed by atoms with Crippen LogP contribution in [0.15, 0.2) is 33.6 Å². The fourth-order valence-corrected chi connectivity index (χ4v) is 5.10. The summed E-state index contributed by atoms with van der Waals surface area (Å²) in [5.41, 5.74) is 2.13. The molecule has 0 radical (unpaired) electrons. The monoisotopic (exact) mass is 406 g/mol. The van der Waals surface area contributed by atoms with Crippen LogP contribution in [0.1, 0.15) is 35.5 Å². The van der Waals surface area contributed by atoms with Crippen LogP contribution < -0.4 is 9.46 Å². The fraction of sp³-hybridized carbons (Fsp3) is 0.524. The van der Waals surface area contributed by atoms with E-state index >= 15 is 0 Å². The van der Waals surface area contributed by atoms with Gasteiger partial charge in [-0.05, 0) is 76.4 Å². The standard InChI is InChI=1S/C21H30N2O4S/c1-15-5-6-20(26-4)21(11-15)28(24,25)22-13-18-7-9-23(10-8-18)14-19-12-16(2)27-17(19)3/h5-6,11-12,18,22H,7-10,13-14H2,1-4H3. The summed E-state index contributed by atoms with van der Waals surface area (Å²) < 4.78 is 39.1. The van der Waals surface area contributed by atoms with E-state index in [1.807, 2.05) is 26.8 Å². The zero-order valence-electron chi connectivity index (χ0n) is 17.1. The number of benzene rings is 1. The van der Waals surface area contributed by atoms with Crippen molar-refractivity contribution in [3.8, 4) is 5.75 Å². The summed E-state index contributed by atoms with van der Waals surface area (Å²) in [6.45, 7) is 9.12. The maximum absolute atomic E-state index is 12.7. The van der Waals surface area contributed by atoms with E-state index in [1.165, 1.54) is 12.7 Å². The van der Waals surface area contributed by atoms with Gasteiger partial charge in [0, 0.05) is 18.7 Å². The van der Waals surface area contributed by atoms with Gasteiger partial charge in [-0.15, -0.1) is 0 Å². The molecule has 1 aromatic carbocycles. The number of hydrogen-bond donors (Lipinski definition) is 1. The van der Waals surface area contributed by atoms with Crippen molar-refractivity contribution in [2.45, 2.75) is 45.1 Å². The number of aryl methyl sites for hydroxylation is 3. The molecule has 0 unspecified atom stereocenters. The number of ether oxygens (including phenoxy) is 1. The minimum atomic E-state index is -3.59.